The van der Waals surface area contributed by atoms with Crippen LogP contribution in [0.5, 0.6) is 0 Å². The normalized spacial score (nSPS) is 15.1. The van der Waals surface area contributed by atoms with Crippen molar-refractivity contribution in [1.29, 1.82) is 0 Å². The van der Waals surface area contributed by atoms with Gasteiger partial charge in [0.25, 0.3) is 0 Å². The van der Waals surface area contributed by atoms with Crippen LogP contribution in [-0.2, 0) is 14.4 Å². The van der Waals surface area contributed by atoms with Gasteiger partial charge in [0, 0.05) is 31.1 Å². The van der Waals surface area contributed by atoms with Gasteiger partial charge < -0.3 is 24.6 Å². The maximum atomic E-state index is 11.5. The topological polar surface area (TPSA) is 115 Å². The quantitative estimate of drug-likeness (QED) is 0.0422. The molecule has 0 rings (SSSR count). The van der Waals surface area contributed by atoms with E-state index in [0.717, 1.165) is 19.4 Å². The number of rotatable bonds is 33. The minimum absolute atomic E-state index is 0.447. The molecule has 3 atom stereocenters. The molecule has 0 amide bonds. The van der Waals surface area contributed by atoms with Gasteiger partial charge in [-0.3, -0.25) is 9.59 Å². The molecule has 0 spiro atoms. The summed E-state index contributed by atoms with van der Waals surface area (Å²) in [6.45, 7) is 9.99. The van der Waals surface area contributed by atoms with Gasteiger partial charge in [-0.15, -0.1) is 0 Å². The summed E-state index contributed by atoms with van der Waals surface area (Å²) >= 11 is 0. The molecular weight excluding hydrogens is 566 g/mol. The van der Waals surface area contributed by atoms with E-state index in [9.17, 15) is 29.7 Å². The molecule has 0 fully saturated rings. The van der Waals surface area contributed by atoms with Gasteiger partial charge in [-0.1, -0.05) is 123 Å². The Balaban J connectivity index is 4.33. The molecule has 264 valence electrons. The van der Waals surface area contributed by atoms with Crippen molar-refractivity contribution in [3.63, 3.8) is 0 Å². The summed E-state index contributed by atoms with van der Waals surface area (Å²) < 4.78 is 0.586. The first-order chi connectivity index (χ1) is 21.5. The zero-order valence-corrected chi connectivity index (χ0v) is 29.7. The summed E-state index contributed by atoms with van der Waals surface area (Å²) in [5.74, 6) is -4.30. The second-order valence-corrected chi connectivity index (χ2v) is 14.0. The van der Waals surface area contributed by atoms with Crippen LogP contribution in [0.3, 0.4) is 0 Å². The molecule has 0 aromatic carbocycles. The second kappa shape index (κ2) is 28.3. The van der Waals surface area contributed by atoms with E-state index in [4.69, 9.17) is 0 Å². The molecule has 3 unspecified atom stereocenters. The molecule has 0 saturated carbocycles. The standard InChI is InChI=1S/C38H71NO6/c1-5-6-7-8-9-10-11-12-13-14-15-16-17-18-19-20-21-22-23-24-25-29-39(30-26-33(2)36(40)41,31-27-34(3)37(42)43)32-28-35(4)38(44)45/h9-10,33-35H,5-8,11-32H2,1-4H3,(H2-,40,41,42,43,44,45)/b10-9+. The minimum atomic E-state index is -1.07. The minimum Gasteiger partial charge on any atom is -0.550 e. The molecule has 7 nitrogen and oxygen atoms in total. The van der Waals surface area contributed by atoms with Crippen molar-refractivity contribution in [3.8, 4) is 0 Å². The molecule has 0 aliphatic carbocycles. The van der Waals surface area contributed by atoms with E-state index in [1.165, 1.54) is 109 Å². The number of hydrogen-bond donors (Lipinski definition) is 2. The first kappa shape index (κ1) is 43.1. The van der Waals surface area contributed by atoms with E-state index in [0.29, 0.717) is 43.4 Å². The monoisotopic (exact) mass is 638 g/mol. The van der Waals surface area contributed by atoms with Gasteiger partial charge in [0.15, 0.2) is 0 Å². The van der Waals surface area contributed by atoms with Gasteiger partial charge in [0.1, 0.15) is 0 Å². The first-order valence-electron chi connectivity index (χ1n) is 18.7. The lowest BCUT2D eigenvalue weighted by Crippen LogP contribution is -2.52. The van der Waals surface area contributed by atoms with Crippen LogP contribution in [0, 0.1) is 17.8 Å². The van der Waals surface area contributed by atoms with E-state index < -0.39 is 35.7 Å². The number of unbranched alkanes of at least 4 members (excludes halogenated alkanes) is 17. The van der Waals surface area contributed by atoms with Crippen molar-refractivity contribution >= 4 is 17.9 Å². The predicted octanol–water partition coefficient (Wildman–Crippen LogP) is 8.79. The van der Waals surface area contributed by atoms with Crippen molar-refractivity contribution in [1.82, 2.24) is 0 Å². The average molecular weight is 638 g/mol. The number of carbonyl (C=O) groups excluding carboxylic acids is 1. The lowest BCUT2D eigenvalue weighted by Gasteiger charge is -2.41. The van der Waals surface area contributed by atoms with Crippen molar-refractivity contribution < 1.29 is 34.2 Å². The Morgan fingerprint density at radius 1 is 0.533 bits per heavy atom. The fraction of sp³-hybridized carbons (Fsp3) is 0.868. The Bertz CT molecular complexity index is 722. The first-order valence-corrected chi connectivity index (χ1v) is 18.7. The van der Waals surface area contributed by atoms with Crippen LogP contribution < -0.4 is 5.11 Å². The highest BCUT2D eigenvalue weighted by atomic mass is 16.4. The van der Waals surface area contributed by atoms with Crippen LogP contribution in [0.25, 0.3) is 0 Å². The van der Waals surface area contributed by atoms with Crippen LogP contribution in [0.2, 0.25) is 0 Å². The van der Waals surface area contributed by atoms with Crippen molar-refractivity contribution in [2.75, 3.05) is 26.2 Å². The maximum Gasteiger partial charge on any atom is 0.306 e. The zero-order chi connectivity index (χ0) is 33.8. The van der Waals surface area contributed by atoms with E-state index in [2.05, 4.69) is 19.1 Å². The largest absolute Gasteiger partial charge is 0.550 e. The highest BCUT2D eigenvalue weighted by molar-refractivity contribution is 5.69. The number of carboxylic acid groups (broad SMARTS) is 3. The number of nitrogens with zero attached hydrogens (tertiary/aromatic N) is 1. The van der Waals surface area contributed by atoms with Crippen LogP contribution in [0.15, 0.2) is 12.2 Å². The second-order valence-electron chi connectivity index (χ2n) is 14.0. The Kier molecular flexibility index (Phi) is 27.2. The summed E-state index contributed by atoms with van der Waals surface area (Å²) in [6.07, 6.45) is 30.5. The molecule has 0 bridgehead atoms. The summed E-state index contributed by atoms with van der Waals surface area (Å²) in [4.78, 5) is 34.4. The van der Waals surface area contributed by atoms with Gasteiger partial charge in [-0.05, 0) is 38.5 Å². The van der Waals surface area contributed by atoms with Crippen molar-refractivity contribution in [2.24, 2.45) is 17.8 Å². The number of aliphatic carboxylic acids is 3. The Morgan fingerprint density at radius 3 is 1.22 bits per heavy atom. The number of carboxylic acids is 3. The number of quaternary nitrogens is 1. The van der Waals surface area contributed by atoms with E-state index in [-0.39, 0.29) is 0 Å². The van der Waals surface area contributed by atoms with E-state index in [1.54, 1.807) is 20.8 Å². The van der Waals surface area contributed by atoms with E-state index in [1.807, 2.05) is 0 Å². The van der Waals surface area contributed by atoms with Crippen molar-refractivity contribution in [2.45, 2.75) is 169 Å². The molecule has 7 heteroatoms. The lowest BCUT2D eigenvalue weighted by molar-refractivity contribution is -0.929. The number of allylic oxidation sites excluding steroid dienone is 2. The van der Waals surface area contributed by atoms with Crippen LogP contribution in [0.4, 0.5) is 0 Å². The van der Waals surface area contributed by atoms with Gasteiger partial charge in [-0.25, -0.2) is 0 Å². The highest BCUT2D eigenvalue weighted by Gasteiger charge is 2.30. The molecule has 0 aliphatic rings. The molecular formula is C38H71NO6. The lowest BCUT2D eigenvalue weighted by atomic mass is 10.0. The van der Waals surface area contributed by atoms with Crippen molar-refractivity contribution in [3.05, 3.63) is 12.2 Å². The van der Waals surface area contributed by atoms with Crippen LogP contribution >= 0.6 is 0 Å². The molecule has 0 radical (unpaired) electrons. The highest BCUT2D eigenvalue weighted by Crippen LogP contribution is 2.22. The molecule has 0 saturated heterocycles. The third-order valence-electron chi connectivity index (χ3n) is 9.75. The smallest absolute Gasteiger partial charge is 0.306 e. The molecule has 0 aromatic heterocycles. The SMILES string of the molecule is CCCCC/C=C/CCCCCCCCCCCCCCCC[N+](CCC(C)C(=O)[O-])(CCC(C)C(=O)O)CCC(C)C(=O)O. The maximum absolute atomic E-state index is 11.5. The third-order valence-corrected chi connectivity index (χ3v) is 9.75. The van der Waals surface area contributed by atoms with Crippen LogP contribution in [0.1, 0.15) is 169 Å². The van der Waals surface area contributed by atoms with Gasteiger partial charge in [0.05, 0.1) is 38.0 Å². The summed E-state index contributed by atoms with van der Waals surface area (Å²) in [5, 5.41) is 30.3. The molecule has 2 N–H and O–H groups in total. The Hall–Kier alpha value is -1.89. The third kappa shape index (κ3) is 24.9. The number of hydrogen-bond acceptors (Lipinski definition) is 4. The Morgan fingerprint density at radius 2 is 0.867 bits per heavy atom. The summed E-state index contributed by atoms with van der Waals surface area (Å²) in [7, 11) is 0. The van der Waals surface area contributed by atoms with Gasteiger partial charge in [-0.2, -0.15) is 0 Å². The Labute approximate surface area is 276 Å². The van der Waals surface area contributed by atoms with E-state index >= 15 is 0 Å². The van der Waals surface area contributed by atoms with Gasteiger partial charge >= 0.3 is 11.9 Å². The molecule has 45 heavy (non-hydrogen) atoms. The molecule has 0 heterocycles. The fourth-order valence-electron chi connectivity index (χ4n) is 6.02. The summed E-state index contributed by atoms with van der Waals surface area (Å²) in [5.41, 5.74) is 0. The van der Waals surface area contributed by atoms with Crippen LogP contribution in [-0.4, -0.2) is 58.8 Å². The zero-order valence-electron chi connectivity index (χ0n) is 29.7. The van der Waals surface area contributed by atoms with Gasteiger partial charge in [0.2, 0.25) is 0 Å². The molecule has 0 aliphatic heterocycles. The fourth-order valence-corrected chi connectivity index (χ4v) is 6.02. The average Bonchev–Trinajstić information content (AvgIpc) is 3.01. The summed E-state index contributed by atoms with van der Waals surface area (Å²) in [6, 6.07) is 0. The predicted molar refractivity (Wildman–Crippen MR) is 184 cm³/mol. The molecule has 0 aromatic rings. The number of carbonyl (C=O) groups is 3.